The maximum Gasteiger partial charge on any atom is 0.0962 e. The van der Waals surface area contributed by atoms with E-state index in [-0.39, 0.29) is 0 Å². The van der Waals surface area contributed by atoms with Crippen molar-refractivity contribution in [3.05, 3.63) is 22.5 Å². The van der Waals surface area contributed by atoms with Crippen LogP contribution in [0.4, 0.5) is 5.69 Å². The number of hydrogen-bond acceptors (Lipinski definition) is 2. The highest BCUT2D eigenvalue weighted by Crippen LogP contribution is 2.33. The fourth-order valence-electron chi connectivity index (χ4n) is 1.96. The molecule has 3 nitrogen and oxygen atoms in total. The van der Waals surface area contributed by atoms with Gasteiger partial charge in [0.15, 0.2) is 0 Å². The van der Waals surface area contributed by atoms with Crippen molar-refractivity contribution in [2.75, 3.05) is 7.05 Å². The van der Waals surface area contributed by atoms with Gasteiger partial charge in [-0.3, -0.25) is 9.98 Å². The maximum atomic E-state index is 4.08. The highest BCUT2D eigenvalue weighted by atomic mass is 14.8. The standard InChI is InChI=1S/C12H15N3/c1-8-4-5-10-9(6-8)12(14-3)11(15-10)7-13-2/h6-7,15H,3-5H2,1-2H3. The fraction of sp³-hybridized carbons (Fsp3) is 0.333. The Kier molecular flexibility index (Phi) is 2.54. The van der Waals surface area contributed by atoms with Crippen molar-refractivity contribution in [2.45, 2.75) is 19.8 Å². The lowest BCUT2D eigenvalue weighted by Crippen LogP contribution is -1.95. The number of nitrogens with zero attached hydrogens (tertiary/aromatic N) is 2. The molecule has 0 fully saturated rings. The van der Waals surface area contributed by atoms with Crippen LogP contribution in [-0.2, 0) is 6.42 Å². The molecule has 0 amide bonds. The Hall–Kier alpha value is -1.64. The van der Waals surface area contributed by atoms with Gasteiger partial charge in [0.1, 0.15) is 0 Å². The summed E-state index contributed by atoms with van der Waals surface area (Å²) in [5, 5.41) is 0. The predicted octanol–water partition coefficient (Wildman–Crippen LogP) is 2.75. The Morgan fingerprint density at radius 3 is 2.93 bits per heavy atom. The van der Waals surface area contributed by atoms with Crippen LogP contribution in [0, 0.1) is 0 Å². The number of fused-ring (bicyclic) bond motifs is 1. The summed E-state index contributed by atoms with van der Waals surface area (Å²) in [5.74, 6) is 0. The van der Waals surface area contributed by atoms with Crippen molar-refractivity contribution in [3.8, 4) is 0 Å². The highest BCUT2D eigenvalue weighted by Gasteiger charge is 2.16. The van der Waals surface area contributed by atoms with Crippen LogP contribution >= 0.6 is 0 Å². The number of allylic oxidation sites excluding steroid dienone is 1. The maximum absolute atomic E-state index is 4.08. The van der Waals surface area contributed by atoms with Crippen LogP contribution in [-0.4, -0.2) is 25.0 Å². The molecule has 0 aliphatic heterocycles. The monoisotopic (exact) mass is 201 g/mol. The molecule has 78 valence electrons. The van der Waals surface area contributed by atoms with Crippen LogP contribution in [0.2, 0.25) is 0 Å². The number of H-pyrrole nitrogens is 1. The highest BCUT2D eigenvalue weighted by molar-refractivity contribution is 5.90. The molecule has 3 heteroatoms. The van der Waals surface area contributed by atoms with E-state index in [0.29, 0.717) is 0 Å². The second-order valence-corrected chi connectivity index (χ2v) is 3.82. The molecule has 0 unspecified atom stereocenters. The van der Waals surface area contributed by atoms with Gasteiger partial charge in [0.2, 0.25) is 0 Å². The van der Waals surface area contributed by atoms with Gasteiger partial charge in [0.25, 0.3) is 0 Å². The third-order valence-corrected chi connectivity index (χ3v) is 2.70. The molecule has 2 rings (SSSR count). The van der Waals surface area contributed by atoms with Gasteiger partial charge in [0.05, 0.1) is 11.4 Å². The van der Waals surface area contributed by atoms with E-state index < -0.39 is 0 Å². The Balaban J connectivity index is 2.59. The summed E-state index contributed by atoms with van der Waals surface area (Å²) in [7, 11) is 1.76. The lowest BCUT2D eigenvalue weighted by Gasteiger charge is -2.09. The summed E-state index contributed by atoms with van der Waals surface area (Å²) in [4.78, 5) is 11.4. The quantitative estimate of drug-likeness (QED) is 0.715. The molecule has 1 aromatic rings. The first-order valence-electron chi connectivity index (χ1n) is 5.07. The zero-order valence-electron chi connectivity index (χ0n) is 9.17. The minimum Gasteiger partial charge on any atom is -0.355 e. The zero-order chi connectivity index (χ0) is 10.8. The molecule has 0 spiro atoms. The predicted molar refractivity (Wildman–Crippen MR) is 65.5 cm³/mol. The average Bonchev–Trinajstić information content (AvgIpc) is 2.55. The Labute approximate surface area is 89.7 Å². The lowest BCUT2D eigenvalue weighted by molar-refractivity contribution is 0.897. The molecule has 1 aromatic heterocycles. The largest absolute Gasteiger partial charge is 0.355 e. The van der Waals surface area contributed by atoms with E-state index >= 15 is 0 Å². The van der Waals surface area contributed by atoms with Gasteiger partial charge in [-0.15, -0.1) is 0 Å². The summed E-state index contributed by atoms with van der Waals surface area (Å²) in [6.07, 6.45) is 6.16. The molecule has 1 heterocycles. The first-order chi connectivity index (χ1) is 7.26. The van der Waals surface area contributed by atoms with Gasteiger partial charge in [-0.05, 0) is 26.5 Å². The third kappa shape index (κ3) is 1.65. The van der Waals surface area contributed by atoms with Gasteiger partial charge in [-0.2, -0.15) is 0 Å². The summed E-state index contributed by atoms with van der Waals surface area (Å²) >= 11 is 0. The van der Waals surface area contributed by atoms with E-state index in [4.69, 9.17) is 0 Å². The van der Waals surface area contributed by atoms with E-state index in [1.165, 1.54) is 16.8 Å². The van der Waals surface area contributed by atoms with Crippen molar-refractivity contribution < 1.29 is 0 Å². The fourth-order valence-corrected chi connectivity index (χ4v) is 1.96. The van der Waals surface area contributed by atoms with E-state index in [1.54, 1.807) is 13.3 Å². The number of aryl methyl sites for hydroxylation is 1. The van der Waals surface area contributed by atoms with Crippen LogP contribution in [0.25, 0.3) is 6.08 Å². The summed E-state index contributed by atoms with van der Waals surface area (Å²) in [6.45, 7) is 5.77. The van der Waals surface area contributed by atoms with E-state index in [9.17, 15) is 0 Å². The number of nitrogens with one attached hydrogen (secondary N) is 1. The number of aromatic nitrogens is 1. The van der Waals surface area contributed by atoms with Crippen molar-refractivity contribution in [3.63, 3.8) is 0 Å². The number of aromatic amines is 1. The molecule has 0 saturated carbocycles. The molecule has 1 aliphatic rings. The Morgan fingerprint density at radius 1 is 1.47 bits per heavy atom. The SMILES string of the molecule is C=Nc1c(C=NC)[nH]c2c1C=C(C)CC2. The molecule has 0 radical (unpaired) electrons. The second-order valence-electron chi connectivity index (χ2n) is 3.82. The van der Waals surface area contributed by atoms with Crippen molar-refractivity contribution in [2.24, 2.45) is 9.98 Å². The first kappa shape index (κ1) is 9.90. The van der Waals surface area contributed by atoms with Crippen LogP contribution in [0.3, 0.4) is 0 Å². The summed E-state index contributed by atoms with van der Waals surface area (Å²) in [5.41, 5.74) is 5.71. The number of hydrogen-bond donors (Lipinski definition) is 1. The molecule has 0 atom stereocenters. The van der Waals surface area contributed by atoms with Crippen molar-refractivity contribution in [1.82, 2.24) is 4.98 Å². The molecule has 15 heavy (non-hydrogen) atoms. The van der Waals surface area contributed by atoms with Crippen LogP contribution < -0.4 is 0 Å². The number of aliphatic imine (C=N–C) groups is 2. The minimum atomic E-state index is 0.926. The lowest BCUT2D eigenvalue weighted by atomic mass is 9.98. The molecule has 0 bridgehead atoms. The van der Waals surface area contributed by atoms with E-state index in [2.05, 4.69) is 34.7 Å². The topological polar surface area (TPSA) is 40.5 Å². The minimum absolute atomic E-state index is 0.926. The van der Waals surface area contributed by atoms with Crippen molar-refractivity contribution >= 4 is 24.7 Å². The van der Waals surface area contributed by atoms with Gasteiger partial charge < -0.3 is 4.98 Å². The van der Waals surface area contributed by atoms with Gasteiger partial charge >= 0.3 is 0 Å². The van der Waals surface area contributed by atoms with E-state index in [0.717, 1.165) is 24.2 Å². The van der Waals surface area contributed by atoms with Gasteiger partial charge in [0, 0.05) is 24.5 Å². The Morgan fingerprint density at radius 2 is 2.27 bits per heavy atom. The molecular weight excluding hydrogens is 186 g/mol. The van der Waals surface area contributed by atoms with Crippen molar-refractivity contribution in [1.29, 1.82) is 0 Å². The summed E-state index contributed by atoms with van der Waals surface area (Å²) in [6, 6.07) is 0. The average molecular weight is 201 g/mol. The molecule has 1 N–H and O–H groups in total. The number of rotatable bonds is 2. The van der Waals surface area contributed by atoms with E-state index in [1.807, 2.05) is 0 Å². The van der Waals surface area contributed by atoms with Gasteiger partial charge in [-0.1, -0.05) is 11.6 Å². The normalized spacial score (nSPS) is 15.2. The molecule has 0 aromatic carbocycles. The second kappa shape index (κ2) is 3.85. The molecule has 0 saturated heterocycles. The van der Waals surface area contributed by atoms with Crippen LogP contribution in [0.1, 0.15) is 30.3 Å². The Bertz CT molecular complexity index is 450. The van der Waals surface area contributed by atoms with Crippen LogP contribution in [0.15, 0.2) is 15.6 Å². The molecule has 1 aliphatic carbocycles. The van der Waals surface area contributed by atoms with Crippen LogP contribution in [0.5, 0.6) is 0 Å². The zero-order valence-corrected chi connectivity index (χ0v) is 9.17. The molecular formula is C12H15N3. The third-order valence-electron chi connectivity index (χ3n) is 2.70. The smallest absolute Gasteiger partial charge is 0.0962 e. The van der Waals surface area contributed by atoms with Gasteiger partial charge in [-0.25, -0.2) is 0 Å². The summed E-state index contributed by atoms with van der Waals surface area (Å²) < 4.78 is 0. The first-order valence-corrected chi connectivity index (χ1v) is 5.07.